The number of hydrogen-bond donors (Lipinski definition) is 0. The van der Waals surface area contributed by atoms with Crippen LogP contribution in [0.2, 0.25) is 0 Å². The molecule has 0 fully saturated rings. The summed E-state index contributed by atoms with van der Waals surface area (Å²) in [7, 11) is 0. The van der Waals surface area contributed by atoms with Gasteiger partial charge in [0.25, 0.3) is 0 Å². The lowest BCUT2D eigenvalue weighted by Crippen LogP contribution is -2.10. The summed E-state index contributed by atoms with van der Waals surface area (Å²) in [5, 5.41) is 1.27. The molecule has 2 aromatic carbocycles. The summed E-state index contributed by atoms with van der Waals surface area (Å²) in [4.78, 5) is 12.5. The predicted octanol–water partition coefficient (Wildman–Crippen LogP) is 3.27. The topological polar surface area (TPSA) is 39.4 Å². The van der Waals surface area contributed by atoms with Crippen LogP contribution in [0.25, 0.3) is 21.9 Å². The Balaban J connectivity index is 2.21. The fourth-order valence-corrected chi connectivity index (χ4v) is 2.71. The van der Waals surface area contributed by atoms with Gasteiger partial charge in [-0.25, -0.2) is 0 Å². The molecule has 2 heterocycles. The normalized spacial score (nSPS) is 14.3. The van der Waals surface area contributed by atoms with Crippen LogP contribution < -0.4 is 10.2 Å². The molecular formula is C16H12O3. The van der Waals surface area contributed by atoms with Gasteiger partial charge in [-0.05, 0) is 37.1 Å². The lowest BCUT2D eigenvalue weighted by Gasteiger charge is -2.18. The van der Waals surface area contributed by atoms with Gasteiger partial charge in [0, 0.05) is 5.56 Å². The van der Waals surface area contributed by atoms with Gasteiger partial charge in [-0.2, -0.15) is 0 Å². The highest BCUT2D eigenvalue weighted by Gasteiger charge is 2.17. The molecule has 3 nitrogen and oxygen atoms in total. The van der Waals surface area contributed by atoms with Gasteiger partial charge in [-0.1, -0.05) is 12.1 Å². The van der Waals surface area contributed by atoms with Crippen LogP contribution in [0.15, 0.2) is 45.6 Å². The maximum absolute atomic E-state index is 12.5. The number of hydrogen-bond acceptors (Lipinski definition) is 3. The SMILES string of the molecule is O=c1c2ccccc2oc2c3c(ccc12)OCCC3. The molecule has 0 radical (unpaired) electrons. The first-order valence-electron chi connectivity index (χ1n) is 6.45. The van der Waals surface area contributed by atoms with Gasteiger partial charge in [-0.15, -0.1) is 0 Å². The third-order valence-corrected chi connectivity index (χ3v) is 3.63. The average molecular weight is 252 g/mol. The Labute approximate surface area is 109 Å². The number of fused-ring (bicyclic) bond motifs is 4. The van der Waals surface area contributed by atoms with Crippen molar-refractivity contribution in [2.75, 3.05) is 6.61 Å². The molecule has 0 saturated heterocycles. The van der Waals surface area contributed by atoms with Crippen LogP contribution in [0.1, 0.15) is 12.0 Å². The van der Waals surface area contributed by atoms with Gasteiger partial charge in [0.2, 0.25) is 5.43 Å². The third kappa shape index (κ3) is 1.48. The highest BCUT2D eigenvalue weighted by atomic mass is 16.5. The van der Waals surface area contributed by atoms with Crippen molar-refractivity contribution in [2.24, 2.45) is 0 Å². The first kappa shape index (κ1) is 10.6. The van der Waals surface area contributed by atoms with E-state index < -0.39 is 0 Å². The second-order valence-corrected chi connectivity index (χ2v) is 4.80. The molecule has 0 amide bonds. The molecule has 1 aliphatic heterocycles. The molecule has 3 heteroatoms. The first-order valence-corrected chi connectivity index (χ1v) is 6.45. The number of ether oxygens (including phenoxy) is 1. The van der Waals surface area contributed by atoms with Gasteiger partial charge < -0.3 is 9.15 Å². The van der Waals surface area contributed by atoms with E-state index in [2.05, 4.69) is 0 Å². The van der Waals surface area contributed by atoms with E-state index in [1.54, 1.807) is 12.1 Å². The van der Waals surface area contributed by atoms with Crippen molar-refractivity contribution < 1.29 is 9.15 Å². The van der Waals surface area contributed by atoms with Crippen molar-refractivity contribution in [3.05, 3.63) is 52.2 Å². The molecule has 0 atom stereocenters. The summed E-state index contributed by atoms with van der Waals surface area (Å²) in [5.41, 5.74) is 2.37. The molecule has 0 spiro atoms. The largest absolute Gasteiger partial charge is 0.493 e. The minimum absolute atomic E-state index is 0.0326. The predicted molar refractivity (Wildman–Crippen MR) is 73.8 cm³/mol. The Morgan fingerprint density at radius 3 is 2.84 bits per heavy atom. The van der Waals surface area contributed by atoms with Crippen LogP contribution in [-0.2, 0) is 6.42 Å². The standard InChI is InChI=1S/C16H12O3/c17-15-10-4-1-2-6-14(10)19-16-11-5-3-9-18-13(11)8-7-12(15)16/h1-2,4,6-8H,3,5,9H2. The van der Waals surface area contributed by atoms with Crippen molar-refractivity contribution >= 4 is 21.9 Å². The lowest BCUT2D eigenvalue weighted by molar-refractivity contribution is 0.288. The molecule has 4 rings (SSSR count). The monoisotopic (exact) mass is 252 g/mol. The summed E-state index contributed by atoms with van der Waals surface area (Å²) in [6.45, 7) is 0.732. The third-order valence-electron chi connectivity index (χ3n) is 3.63. The second-order valence-electron chi connectivity index (χ2n) is 4.80. The summed E-state index contributed by atoms with van der Waals surface area (Å²) < 4.78 is 11.6. The summed E-state index contributed by atoms with van der Waals surface area (Å²) in [5.74, 6) is 0.845. The summed E-state index contributed by atoms with van der Waals surface area (Å²) in [6.07, 6.45) is 1.86. The molecule has 1 aliphatic rings. The van der Waals surface area contributed by atoms with E-state index in [0.29, 0.717) is 21.9 Å². The molecule has 0 aliphatic carbocycles. The Morgan fingerprint density at radius 1 is 1.00 bits per heavy atom. The van der Waals surface area contributed by atoms with E-state index in [-0.39, 0.29) is 5.43 Å². The fourth-order valence-electron chi connectivity index (χ4n) is 2.71. The van der Waals surface area contributed by atoms with Gasteiger partial charge in [0.1, 0.15) is 16.9 Å². The average Bonchev–Trinajstić information content (AvgIpc) is 2.47. The highest BCUT2D eigenvalue weighted by Crippen LogP contribution is 2.32. The molecule has 19 heavy (non-hydrogen) atoms. The summed E-state index contributed by atoms with van der Waals surface area (Å²) in [6, 6.07) is 11.0. The van der Waals surface area contributed by atoms with E-state index in [4.69, 9.17) is 9.15 Å². The molecule has 0 bridgehead atoms. The molecule has 94 valence electrons. The molecule has 0 N–H and O–H groups in total. The van der Waals surface area contributed by atoms with Crippen LogP contribution >= 0.6 is 0 Å². The Hall–Kier alpha value is -2.29. The van der Waals surface area contributed by atoms with Gasteiger partial charge in [0.05, 0.1) is 17.4 Å². The maximum Gasteiger partial charge on any atom is 0.200 e. The van der Waals surface area contributed by atoms with Crippen molar-refractivity contribution in [3.63, 3.8) is 0 Å². The first-order chi connectivity index (χ1) is 9.34. The fraction of sp³-hybridized carbons (Fsp3) is 0.188. The van der Waals surface area contributed by atoms with Crippen molar-refractivity contribution in [3.8, 4) is 5.75 Å². The van der Waals surface area contributed by atoms with Crippen LogP contribution in [-0.4, -0.2) is 6.61 Å². The zero-order chi connectivity index (χ0) is 12.8. The Bertz CT molecular complexity index is 846. The molecule has 0 saturated carbocycles. The van der Waals surface area contributed by atoms with E-state index in [9.17, 15) is 4.79 Å². The van der Waals surface area contributed by atoms with Gasteiger partial charge in [-0.3, -0.25) is 4.79 Å². The molecular weight excluding hydrogens is 240 g/mol. The number of aryl methyl sites for hydroxylation is 1. The van der Waals surface area contributed by atoms with Gasteiger partial charge >= 0.3 is 0 Å². The zero-order valence-corrected chi connectivity index (χ0v) is 10.3. The second kappa shape index (κ2) is 3.85. The number of rotatable bonds is 0. The minimum Gasteiger partial charge on any atom is -0.493 e. The smallest absolute Gasteiger partial charge is 0.200 e. The van der Waals surface area contributed by atoms with Crippen molar-refractivity contribution in [1.29, 1.82) is 0 Å². The quantitative estimate of drug-likeness (QED) is 0.576. The highest BCUT2D eigenvalue weighted by molar-refractivity contribution is 5.92. The van der Waals surface area contributed by atoms with Crippen molar-refractivity contribution in [2.45, 2.75) is 12.8 Å². The van der Waals surface area contributed by atoms with Crippen molar-refractivity contribution in [1.82, 2.24) is 0 Å². The van der Waals surface area contributed by atoms with E-state index in [1.165, 1.54) is 0 Å². The van der Waals surface area contributed by atoms with Crippen LogP contribution in [0.4, 0.5) is 0 Å². The maximum atomic E-state index is 12.5. The van der Waals surface area contributed by atoms with E-state index in [0.717, 1.165) is 30.8 Å². The lowest BCUT2D eigenvalue weighted by atomic mass is 10.0. The van der Waals surface area contributed by atoms with Crippen LogP contribution in [0.3, 0.4) is 0 Å². The number of benzene rings is 2. The van der Waals surface area contributed by atoms with E-state index >= 15 is 0 Å². The van der Waals surface area contributed by atoms with Crippen LogP contribution in [0, 0.1) is 0 Å². The van der Waals surface area contributed by atoms with Gasteiger partial charge in [0.15, 0.2) is 0 Å². The Kier molecular flexibility index (Phi) is 2.15. The summed E-state index contributed by atoms with van der Waals surface area (Å²) >= 11 is 0. The van der Waals surface area contributed by atoms with Crippen LogP contribution in [0.5, 0.6) is 5.75 Å². The molecule has 0 unspecified atom stereocenters. The minimum atomic E-state index is 0.0326. The van der Waals surface area contributed by atoms with E-state index in [1.807, 2.05) is 24.3 Å². The number of para-hydroxylation sites is 1. The molecule has 1 aromatic heterocycles. The Morgan fingerprint density at radius 2 is 1.89 bits per heavy atom. The molecule has 3 aromatic rings. The zero-order valence-electron chi connectivity index (χ0n) is 10.3.